The van der Waals surface area contributed by atoms with E-state index in [0.717, 1.165) is 10.2 Å². The minimum absolute atomic E-state index is 0.174. The van der Waals surface area contributed by atoms with Gasteiger partial charge in [-0.1, -0.05) is 0 Å². The molecule has 92 valence electrons. The lowest BCUT2D eigenvalue weighted by atomic mass is 10.2. The van der Waals surface area contributed by atoms with E-state index in [1.807, 2.05) is 25.2 Å². The van der Waals surface area contributed by atoms with E-state index in [4.69, 9.17) is 0 Å². The first kappa shape index (κ1) is 12.6. The molecule has 4 nitrogen and oxygen atoms in total. The number of nitrogens with one attached hydrogen (secondary N) is 2. The Kier molecular flexibility index (Phi) is 3.94. The first-order chi connectivity index (χ1) is 8.69. The van der Waals surface area contributed by atoms with Crippen molar-refractivity contribution in [2.75, 3.05) is 17.7 Å². The van der Waals surface area contributed by atoms with Gasteiger partial charge in [0.1, 0.15) is 5.82 Å². The Labute approximate surface area is 114 Å². The lowest BCUT2D eigenvalue weighted by Crippen LogP contribution is -2.12. The molecule has 1 amide bonds. The van der Waals surface area contributed by atoms with Crippen molar-refractivity contribution in [1.29, 1.82) is 0 Å². The number of nitrogens with zero attached hydrogens (tertiary/aromatic N) is 1. The van der Waals surface area contributed by atoms with Gasteiger partial charge in [-0.05, 0) is 52.3 Å². The molecule has 0 aliphatic heterocycles. The molecule has 1 aromatic heterocycles. The second kappa shape index (κ2) is 5.64. The second-order valence-corrected chi connectivity index (χ2v) is 4.56. The van der Waals surface area contributed by atoms with Crippen molar-refractivity contribution in [3.05, 3.63) is 52.6 Å². The van der Waals surface area contributed by atoms with Gasteiger partial charge in [0.05, 0.1) is 0 Å². The van der Waals surface area contributed by atoms with Gasteiger partial charge in [0.15, 0.2) is 0 Å². The third-order valence-corrected chi connectivity index (χ3v) is 2.87. The lowest BCUT2D eigenvalue weighted by Gasteiger charge is -2.05. The highest BCUT2D eigenvalue weighted by Crippen LogP contribution is 2.13. The maximum absolute atomic E-state index is 11.9. The molecular formula is C13H12BrN3O. The number of aromatic nitrogens is 1. The fourth-order valence-corrected chi connectivity index (χ4v) is 1.66. The van der Waals surface area contributed by atoms with Crippen LogP contribution in [0.15, 0.2) is 47.1 Å². The molecule has 0 atom stereocenters. The molecule has 5 heteroatoms. The summed E-state index contributed by atoms with van der Waals surface area (Å²) >= 11 is 3.29. The summed E-state index contributed by atoms with van der Waals surface area (Å²) in [6, 6.07) is 10.8. The number of pyridine rings is 1. The van der Waals surface area contributed by atoms with Gasteiger partial charge in [-0.3, -0.25) is 4.79 Å². The van der Waals surface area contributed by atoms with Gasteiger partial charge in [-0.2, -0.15) is 0 Å². The van der Waals surface area contributed by atoms with Gasteiger partial charge >= 0.3 is 0 Å². The Morgan fingerprint density at radius 2 is 1.89 bits per heavy atom. The van der Waals surface area contributed by atoms with Crippen LogP contribution in [0.1, 0.15) is 10.4 Å². The second-order valence-electron chi connectivity index (χ2n) is 3.64. The average molecular weight is 306 g/mol. The zero-order chi connectivity index (χ0) is 13.0. The number of benzene rings is 1. The third kappa shape index (κ3) is 3.07. The van der Waals surface area contributed by atoms with Crippen molar-refractivity contribution in [2.24, 2.45) is 0 Å². The van der Waals surface area contributed by atoms with E-state index in [9.17, 15) is 4.79 Å². The van der Waals surface area contributed by atoms with E-state index in [1.54, 1.807) is 24.4 Å². The van der Waals surface area contributed by atoms with Crippen molar-refractivity contribution in [3.8, 4) is 0 Å². The van der Waals surface area contributed by atoms with E-state index in [2.05, 4.69) is 31.5 Å². The molecule has 0 bridgehead atoms. The Hall–Kier alpha value is -1.88. The highest BCUT2D eigenvalue weighted by atomic mass is 79.9. The average Bonchev–Trinajstić information content (AvgIpc) is 2.41. The van der Waals surface area contributed by atoms with Gasteiger partial charge in [-0.15, -0.1) is 0 Å². The van der Waals surface area contributed by atoms with E-state index >= 15 is 0 Å². The maximum Gasteiger partial charge on any atom is 0.256 e. The molecule has 0 unspecified atom stereocenters. The van der Waals surface area contributed by atoms with Gasteiger partial charge in [-0.25, -0.2) is 4.98 Å². The van der Waals surface area contributed by atoms with Crippen molar-refractivity contribution >= 4 is 33.3 Å². The van der Waals surface area contributed by atoms with Crippen LogP contribution in [0.25, 0.3) is 0 Å². The van der Waals surface area contributed by atoms with Gasteiger partial charge in [0, 0.05) is 29.0 Å². The molecule has 0 aliphatic rings. The third-order valence-electron chi connectivity index (χ3n) is 2.40. The fourth-order valence-electron chi connectivity index (χ4n) is 1.43. The Balaban J connectivity index is 2.09. The van der Waals surface area contributed by atoms with Gasteiger partial charge < -0.3 is 10.6 Å². The van der Waals surface area contributed by atoms with Crippen LogP contribution in [0.4, 0.5) is 11.5 Å². The Morgan fingerprint density at radius 3 is 2.44 bits per heavy atom. The summed E-state index contributed by atoms with van der Waals surface area (Å²) in [5.41, 5.74) is 1.56. The van der Waals surface area contributed by atoms with Crippen LogP contribution < -0.4 is 10.6 Å². The highest BCUT2D eigenvalue weighted by molar-refractivity contribution is 9.10. The predicted octanol–water partition coefficient (Wildman–Crippen LogP) is 3.14. The maximum atomic E-state index is 11.9. The van der Waals surface area contributed by atoms with Crippen LogP contribution in [0.5, 0.6) is 0 Å². The minimum Gasteiger partial charge on any atom is -0.388 e. The summed E-state index contributed by atoms with van der Waals surface area (Å²) in [5, 5.41) is 5.73. The minimum atomic E-state index is -0.174. The molecule has 2 aromatic rings. The Morgan fingerprint density at radius 1 is 1.17 bits per heavy atom. The fraction of sp³-hybridized carbons (Fsp3) is 0.0769. The lowest BCUT2D eigenvalue weighted by molar-refractivity contribution is 0.102. The molecule has 0 saturated carbocycles. The number of hydrogen-bond acceptors (Lipinski definition) is 3. The normalized spacial score (nSPS) is 9.89. The van der Waals surface area contributed by atoms with Gasteiger partial charge in [0.25, 0.3) is 5.91 Å². The van der Waals surface area contributed by atoms with Crippen LogP contribution in [0.2, 0.25) is 0 Å². The van der Waals surface area contributed by atoms with Crippen molar-refractivity contribution in [2.45, 2.75) is 0 Å². The van der Waals surface area contributed by atoms with Crippen LogP contribution >= 0.6 is 15.9 Å². The van der Waals surface area contributed by atoms with Crippen LogP contribution in [-0.4, -0.2) is 17.9 Å². The number of amides is 1. The predicted molar refractivity (Wildman–Crippen MR) is 75.9 cm³/mol. The number of anilines is 2. The van der Waals surface area contributed by atoms with E-state index in [1.165, 1.54) is 0 Å². The topological polar surface area (TPSA) is 54.0 Å². The molecule has 0 spiro atoms. The number of halogens is 1. The number of rotatable bonds is 3. The molecule has 0 saturated heterocycles. The number of carbonyl (C=O) groups excluding carboxylic acids is 1. The first-order valence-corrected chi connectivity index (χ1v) is 6.19. The molecule has 0 aliphatic carbocycles. The van der Waals surface area contributed by atoms with Crippen LogP contribution in [0.3, 0.4) is 0 Å². The van der Waals surface area contributed by atoms with Crippen molar-refractivity contribution in [1.82, 2.24) is 4.98 Å². The summed E-state index contributed by atoms with van der Waals surface area (Å²) in [5.74, 6) is 0.355. The van der Waals surface area contributed by atoms with Gasteiger partial charge in [0.2, 0.25) is 0 Å². The molecule has 18 heavy (non-hydrogen) atoms. The Bertz CT molecular complexity index is 537. The van der Waals surface area contributed by atoms with E-state index in [0.29, 0.717) is 11.4 Å². The molecule has 1 aromatic carbocycles. The molecule has 2 N–H and O–H groups in total. The number of carbonyl (C=O) groups is 1. The molecule has 2 rings (SSSR count). The van der Waals surface area contributed by atoms with Crippen LogP contribution in [0, 0.1) is 0 Å². The van der Waals surface area contributed by atoms with E-state index < -0.39 is 0 Å². The zero-order valence-electron chi connectivity index (χ0n) is 9.77. The summed E-state index contributed by atoms with van der Waals surface area (Å²) in [7, 11) is 1.83. The SMILES string of the molecule is CNc1ccc(C(=O)Nc2ccc(Br)cn2)cc1. The zero-order valence-corrected chi connectivity index (χ0v) is 11.4. The highest BCUT2D eigenvalue weighted by Gasteiger charge is 2.06. The largest absolute Gasteiger partial charge is 0.388 e. The molecule has 0 radical (unpaired) electrons. The molecular weight excluding hydrogens is 294 g/mol. The smallest absolute Gasteiger partial charge is 0.256 e. The summed E-state index contributed by atoms with van der Waals surface area (Å²) < 4.78 is 0.874. The summed E-state index contributed by atoms with van der Waals surface area (Å²) in [6.45, 7) is 0. The van der Waals surface area contributed by atoms with Crippen molar-refractivity contribution in [3.63, 3.8) is 0 Å². The number of hydrogen-bond donors (Lipinski definition) is 2. The monoisotopic (exact) mass is 305 g/mol. The molecule has 1 heterocycles. The molecule has 0 fully saturated rings. The van der Waals surface area contributed by atoms with Crippen LogP contribution in [-0.2, 0) is 0 Å². The summed E-state index contributed by atoms with van der Waals surface area (Å²) in [6.07, 6.45) is 1.64. The standard InChI is InChI=1S/C13H12BrN3O/c1-15-11-5-2-9(3-6-11)13(18)17-12-7-4-10(14)8-16-12/h2-8,15H,1H3,(H,16,17,18). The summed E-state index contributed by atoms with van der Waals surface area (Å²) in [4.78, 5) is 16.0. The van der Waals surface area contributed by atoms with Crippen molar-refractivity contribution < 1.29 is 4.79 Å². The van der Waals surface area contributed by atoms with E-state index in [-0.39, 0.29) is 5.91 Å². The first-order valence-electron chi connectivity index (χ1n) is 5.40. The quantitative estimate of drug-likeness (QED) is 0.916.